The van der Waals surface area contributed by atoms with Crippen LogP contribution >= 0.6 is 24.0 Å². The largest absolute Gasteiger partial charge is 0.483 e. The number of hydrogen-bond donors (Lipinski definition) is 2. The molecule has 2 rings (SSSR count). The third-order valence-corrected chi connectivity index (χ3v) is 3.65. The third-order valence-electron chi connectivity index (χ3n) is 3.24. The van der Waals surface area contributed by atoms with E-state index in [1.807, 2.05) is 19.1 Å². The summed E-state index contributed by atoms with van der Waals surface area (Å²) in [7, 11) is 0. The Labute approximate surface area is 130 Å². The molecular weight excluding hydrogens is 299 g/mol. The van der Waals surface area contributed by atoms with E-state index in [0.717, 1.165) is 31.5 Å². The number of nitrogens with one attached hydrogen (secondary N) is 2. The van der Waals surface area contributed by atoms with Crippen molar-refractivity contribution in [1.29, 1.82) is 0 Å². The summed E-state index contributed by atoms with van der Waals surface area (Å²) in [6.45, 7) is 3.77. The molecule has 1 amide bonds. The van der Waals surface area contributed by atoms with Crippen LogP contribution in [0.15, 0.2) is 18.2 Å². The molecule has 4 nitrogen and oxygen atoms in total. The van der Waals surface area contributed by atoms with E-state index < -0.39 is 0 Å². The van der Waals surface area contributed by atoms with E-state index in [1.165, 1.54) is 0 Å². The zero-order valence-electron chi connectivity index (χ0n) is 11.4. The van der Waals surface area contributed by atoms with Gasteiger partial charge in [0.15, 0.2) is 6.61 Å². The highest BCUT2D eigenvalue weighted by Gasteiger charge is 2.15. The quantitative estimate of drug-likeness (QED) is 0.895. The van der Waals surface area contributed by atoms with Crippen molar-refractivity contribution in [2.75, 3.05) is 19.7 Å². The molecule has 112 valence electrons. The first kappa shape index (κ1) is 17.1. The van der Waals surface area contributed by atoms with Crippen molar-refractivity contribution in [3.05, 3.63) is 28.8 Å². The lowest BCUT2D eigenvalue weighted by Gasteiger charge is -2.23. The summed E-state index contributed by atoms with van der Waals surface area (Å²) in [4.78, 5) is 11.8. The maximum Gasteiger partial charge on any atom is 0.258 e. The van der Waals surface area contributed by atoms with Crippen LogP contribution in [0.25, 0.3) is 0 Å². The van der Waals surface area contributed by atoms with Gasteiger partial charge >= 0.3 is 0 Å². The third kappa shape index (κ3) is 4.85. The van der Waals surface area contributed by atoms with Crippen LogP contribution in [0.2, 0.25) is 5.02 Å². The van der Waals surface area contributed by atoms with Gasteiger partial charge in [-0.05, 0) is 38.4 Å². The van der Waals surface area contributed by atoms with Crippen LogP contribution in [0.1, 0.15) is 18.4 Å². The molecule has 0 aromatic heterocycles. The van der Waals surface area contributed by atoms with Crippen LogP contribution in [0.5, 0.6) is 5.75 Å². The Balaban J connectivity index is 0.00000200. The number of hydrogen-bond acceptors (Lipinski definition) is 3. The van der Waals surface area contributed by atoms with Crippen LogP contribution in [0.4, 0.5) is 0 Å². The molecule has 1 saturated heterocycles. The highest BCUT2D eigenvalue weighted by Crippen LogP contribution is 2.24. The minimum absolute atomic E-state index is 0. The molecule has 0 aliphatic carbocycles. The molecule has 0 unspecified atom stereocenters. The van der Waals surface area contributed by atoms with E-state index in [-0.39, 0.29) is 31.0 Å². The molecular formula is C14H20Cl2N2O2. The minimum atomic E-state index is -0.0897. The number of ether oxygens (including phenoxy) is 1. The normalized spacial score (nSPS) is 18.0. The zero-order valence-corrected chi connectivity index (χ0v) is 13.0. The first-order valence-electron chi connectivity index (χ1n) is 6.55. The highest BCUT2D eigenvalue weighted by atomic mass is 35.5. The molecule has 2 N–H and O–H groups in total. The Morgan fingerprint density at radius 2 is 2.35 bits per heavy atom. The smallest absolute Gasteiger partial charge is 0.258 e. The van der Waals surface area contributed by atoms with Gasteiger partial charge in [-0.25, -0.2) is 0 Å². The van der Waals surface area contributed by atoms with Gasteiger partial charge in [-0.2, -0.15) is 0 Å². The fraction of sp³-hybridized carbons (Fsp3) is 0.500. The zero-order chi connectivity index (χ0) is 13.7. The van der Waals surface area contributed by atoms with Crippen LogP contribution in [-0.4, -0.2) is 31.6 Å². The Morgan fingerprint density at radius 3 is 3.05 bits per heavy atom. The first-order chi connectivity index (χ1) is 9.16. The van der Waals surface area contributed by atoms with Gasteiger partial charge in [0.1, 0.15) is 5.75 Å². The fourth-order valence-electron chi connectivity index (χ4n) is 2.13. The average Bonchev–Trinajstić information content (AvgIpc) is 2.42. The monoisotopic (exact) mass is 318 g/mol. The van der Waals surface area contributed by atoms with Gasteiger partial charge in [0.2, 0.25) is 0 Å². The lowest BCUT2D eigenvalue weighted by Crippen LogP contribution is -2.47. The Kier molecular flexibility index (Phi) is 7.13. The van der Waals surface area contributed by atoms with Crippen molar-refractivity contribution in [2.45, 2.75) is 25.8 Å². The fourth-order valence-corrected chi connectivity index (χ4v) is 2.30. The summed E-state index contributed by atoms with van der Waals surface area (Å²) >= 11 is 6.00. The van der Waals surface area contributed by atoms with Crippen molar-refractivity contribution < 1.29 is 9.53 Å². The van der Waals surface area contributed by atoms with Gasteiger partial charge in [0, 0.05) is 23.2 Å². The molecule has 1 fully saturated rings. The predicted octanol–water partition coefficient (Wildman–Crippen LogP) is 2.32. The number of piperidine rings is 1. The summed E-state index contributed by atoms with van der Waals surface area (Å²) in [6, 6.07) is 5.65. The number of rotatable bonds is 4. The molecule has 1 aliphatic rings. The second kappa shape index (κ2) is 8.35. The summed E-state index contributed by atoms with van der Waals surface area (Å²) in [5.74, 6) is 0.567. The van der Waals surface area contributed by atoms with Crippen LogP contribution in [0.3, 0.4) is 0 Å². The number of benzene rings is 1. The molecule has 20 heavy (non-hydrogen) atoms. The van der Waals surface area contributed by atoms with Crippen molar-refractivity contribution in [1.82, 2.24) is 10.6 Å². The summed E-state index contributed by atoms with van der Waals surface area (Å²) in [5.41, 5.74) is 0.858. The molecule has 1 aliphatic heterocycles. The Morgan fingerprint density at radius 1 is 1.55 bits per heavy atom. The molecule has 1 heterocycles. The van der Waals surface area contributed by atoms with Crippen molar-refractivity contribution >= 4 is 29.9 Å². The standard InChI is InChI=1S/C14H19ClN2O2.ClH/c1-10-12(15)5-2-6-13(10)19-9-14(18)17-11-4-3-7-16-8-11;/h2,5-6,11,16H,3-4,7-9H2,1H3,(H,17,18);1H/t11-;/m0./s1. The van der Waals surface area contributed by atoms with E-state index in [1.54, 1.807) is 6.07 Å². The molecule has 1 atom stereocenters. The number of carbonyl (C=O) groups excluding carboxylic acids is 1. The van der Waals surface area contributed by atoms with E-state index in [9.17, 15) is 4.79 Å². The molecule has 0 radical (unpaired) electrons. The van der Waals surface area contributed by atoms with Gasteiger partial charge < -0.3 is 15.4 Å². The lowest BCUT2D eigenvalue weighted by atomic mass is 10.1. The molecule has 1 aromatic rings. The first-order valence-corrected chi connectivity index (χ1v) is 6.92. The summed E-state index contributed by atoms with van der Waals surface area (Å²) in [6.07, 6.45) is 2.12. The molecule has 6 heteroatoms. The SMILES string of the molecule is Cc1c(Cl)cccc1OCC(=O)N[C@H]1CCCNC1.Cl. The van der Waals surface area contributed by atoms with Gasteiger partial charge in [-0.3, -0.25) is 4.79 Å². The average molecular weight is 319 g/mol. The maximum absolute atomic E-state index is 11.8. The predicted molar refractivity (Wildman–Crippen MR) is 83.0 cm³/mol. The number of halogens is 2. The van der Waals surface area contributed by atoms with Crippen LogP contribution in [-0.2, 0) is 4.79 Å². The minimum Gasteiger partial charge on any atom is -0.483 e. The number of carbonyl (C=O) groups is 1. The van der Waals surface area contributed by atoms with E-state index in [4.69, 9.17) is 16.3 Å². The van der Waals surface area contributed by atoms with E-state index in [2.05, 4.69) is 10.6 Å². The topological polar surface area (TPSA) is 50.4 Å². The van der Waals surface area contributed by atoms with Gasteiger partial charge in [-0.1, -0.05) is 17.7 Å². The highest BCUT2D eigenvalue weighted by molar-refractivity contribution is 6.31. The lowest BCUT2D eigenvalue weighted by molar-refractivity contribution is -0.123. The molecule has 0 spiro atoms. The molecule has 0 saturated carbocycles. The molecule has 0 bridgehead atoms. The van der Waals surface area contributed by atoms with Crippen LogP contribution < -0.4 is 15.4 Å². The summed E-state index contributed by atoms with van der Waals surface area (Å²) < 4.78 is 5.50. The van der Waals surface area contributed by atoms with Crippen LogP contribution in [0, 0.1) is 6.92 Å². The van der Waals surface area contributed by atoms with Crippen molar-refractivity contribution in [2.24, 2.45) is 0 Å². The van der Waals surface area contributed by atoms with Gasteiger partial charge in [0.05, 0.1) is 0 Å². The Bertz CT molecular complexity index is 449. The number of amides is 1. The van der Waals surface area contributed by atoms with E-state index >= 15 is 0 Å². The summed E-state index contributed by atoms with van der Waals surface area (Å²) in [5, 5.41) is 6.87. The van der Waals surface area contributed by atoms with Crippen molar-refractivity contribution in [3.63, 3.8) is 0 Å². The van der Waals surface area contributed by atoms with Crippen molar-refractivity contribution in [3.8, 4) is 5.75 Å². The maximum atomic E-state index is 11.8. The van der Waals surface area contributed by atoms with Gasteiger partial charge in [-0.15, -0.1) is 12.4 Å². The van der Waals surface area contributed by atoms with E-state index in [0.29, 0.717) is 10.8 Å². The Hall–Kier alpha value is -0.970. The molecule has 1 aromatic carbocycles. The van der Waals surface area contributed by atoms with Gasteiger partial charge in [0.25, 0.3) is 5.91 Å². The second-order valence-electron chi connectivity index (χ2n) is 4.76. The second-order valence-corrected chi connectivity index (χ2v) is 5.17.